The minimum atomic E-state index is -0.194. The summed E-state index contributed by atoms with van der Waals surface area (Å²) in [5.41, 5.74) is 0.726. The van der Waals surface area contributed by atoms with Crippen LogP contribution in [0.1, 0.15) is 5.76 Å². The van der Waals surface area contributed by atoms with Gasteiger partial charge in [-0.3, -0.25) is 4.79 Å². The lowest BCUT2D eigenvalue weighted by atomic mass is 10.3. The molecule has 0 aliphatic carbocycles. The Balaban J connectivity index is 1.81. The van der Waals surface area contributed by atoms with Crippen LogP contribution in [0.4, 0.5) is 5.69 Å². The Hall–Kier alpha value is -1.50. The molecular weight excluding hydrogens is 376 g/mol. The van der Waals surface area contributed by atoms with Crippen molar-refractivity contribution in [3.05, 3.63) is 56.8 Å². The van der Waals surface area contributed by atoms with E-state index in [0.29, 0.717) is 25.5 Å². The first-order valence-electron chi connectivity index (χ1n) is 5.91. The molecule has 2 heterocycles. The number of aliphatic imine (C=N–C) groups is 1. The predicted molar refractivity (Wildman–Crippen MR) is 88.7 cm³/mol. The molecule has 0 atom stereocenters. The molecule has 1 amide bonds. The lowest BCUT2D eigenvalue weighted by Crippen LogP contribution is -2.19. The van der Waals surface area contributed by atoms with Crippen LogP contribution in [0.15, 0.2) is 55.4 Å². The van der Waals surface area contributed by atoms with E-state index in [4.69, 9.17) is 16.0 Å². The molecule has 0 unspecified atom stereocenters. The molecule has 1 saturated heterocycles. The topological polar surface area (TPSA) is 54.6 Å². The van der Waals surface area contributed by atoms with Crippen LogP contribution >= 0.6 is 39.3 Å². The first kappa shape index (κ1) is 14.4. The van der Waals surface area contributed by atoms with Crippen molar-refractivity contribution in [3.8, 4) is 0 Å². The zero-order chi connectivity index (χ0) is 14.8. The Labute approximate surface area is 138 Å². The quantitative estimate of drug-likeness (QED) is 0.772. The summed E-state index contributed by atoms with van der Waals surface area (Å²) >= 11 is 10.3. The molecule has 106 valence electrons. The van der Waals surface area contributed by atoms with Crippen molar-refractivity contribution >= 4 is 62.1 Å². The summed E-state index contributed by atoms with van der Waals surface area (Å²) in [4.78, 5) is 16.8. The highest BCUT2D eigenvalue weighted by molar-refractivity contribution is 9.10. The molecule has 1 aliphatic rings. The highest BCUT2D eigenvalue weighted by atomic mass is 79.9. The van der Waals surface area contributed by atoms with Crippen molar-refractivity contribution in [1.82, 2.24) is 5.32 Å². The molecule has 4 nitrogen and oxygen atoms in total. The molecule has 0 bridgehead atoms. The Morgan fingerprint density at radius 1 is 1.24 bits per heavy atom. The second-order valence-corrected chi connectivity index (χ2v) is 6.35. The van der Waals surface area contributed by atoms with Crippen molar-refractivity contribution in [2.75, 3.05) is 0 Å². The van der Waals surface area contributed by atoms with E-state index in [0.717, 1.165) is 5.69 Å². The third-order valence-corrected chi connectivity index (χ3v) is 4.16. The van der Waals surface area contributed by atoms with Crippen molar-refractivity contribution < 1.29 is 9.21 Å². The summed E-state index contributed by atoms with van der Waals surface area (Å²) in [5, 5.41) is 3.88. The number of benzene rings is 1. The second-order valence-electron chi connectivity index (χ2n) is 4.10. The van der Waals surface area contributed by atoms with Crippen molar-refractivity contribution in [1.29, 1.82) is 0 Å². The molecule has 7 heteroatoms. The second kappa shape index (κ2) is 6.09. The summed E-state index contributed by atoms with van der Waals surface area (Å²) in [7, 11) is 0. The van der Waals surface area contributed by atoms with Gasteiger partial charge in [-0.2, -0.15) is 0 Å². The van der Waals surface area contributed by atoms with Crippen molar-refractivity contribution in [2.24, 2.45) is 4.99 Å². The average molecular weight is 384 g/mol. The summed E-state index contributed by atoms with van der Waals surface area (Å²) in [6.45, 7) is 0. The molecule has 21 heavy (non-hydrogen) atoms. The van der Waals surface area contributed by atoms with E-state index < -0.39 is 0 Å². The van der Waals surface area contributed by atoms with Gasteiger partial charge in [-0.15, -0.1) is 0 Å². The SMILES string of the molecule is O=C1NC(=Nc2ccc(Cl)cc2)SC1=Cc1ccc(Br)o1. The molecular formula is C14H8BrClN2O2S. The molecule has 3 rings (SSSR count). The molecule has 1 aromatic heterocycles. The number of hydrogen-bond acceptors (Lipinski definition) is 4. The number of carbonyl (C=O) groups excluding carboxylic acids is 1. The van der Waals surface area contributed by atoms with E-state index in [9.17, 15) is 4.79 Å². The molecule has 1 aliphatic heterocycles. The fourth-order valence-electron chi connectivity index (χ4n) is 1.65. The van der Waals surface area contributed by atoms with E-state index in [1.54, 1.807) is 42.5 Å². The van der Waals surface area contributed by atoms with E-state index in [1.807, 2.05) is 0 Å². The number of nitrogens with zero attached hydrogens (tertiary/aromatic N) is 1. The molecule has 0 saturated carbocycles. The minimum absolute atomic E-state index is 0.194. The number of thioether (sulfide) groups is 1. The fourth-order valence-corrected chi connectivity index (χ4v) is 2.92. The van der Waals surface area contributed by atoms with Crippen LogP contribution in [-0.4, -0.2) is 11.1 Å². The number of amides is 1. The Bertz CT molecular complexity index is 753. The third-order valence-electron chi connectivity index (χ3n) is 2.58. The standard InChI is InChI=1S/C14H8BrClN2O2S/c15-12-6-5-10(20-12)7-11-13(19)18-14(21-11)17-9-3-1-8(16)2-4-9/h1-7H,(H,17,18,19). The highest BCUT2D eigenvalue weighted by Crippen LogP contribution is 2.29. The molecule has 1 fully saturated rings. The van der Waals surface area contributed by atoms with Crippen LogP contribution in [0.3, 0.4) is 0 Å². The van der Waals surface area contributed by atoms with E-state index in [2.05, 4.69) is 26.2 Å². The van der Waals surface area contributed by atoms with Gasteiger partial charge in [0.05, 0.1) is 10.6 Å². The molecule has 1 aromatic carbocycles. The number of nitrogens with one attached hydrogen (secondary N) is 1. The van der Waals surface area contributed by atoms with Crippen LogP contribution in [0, 0.1) is 0 Å². The summed E-state index contributed by atoms with van der Waals surface area (Å²) < 4.78 is 5.97. The molecule has 0 spiro atoms. The number of hydrogen-bond donors (Lipinski definition) is 1. The van der Waals surface area contributed by atoms with Crippen molar-refractivity contribution in [2.45, 2.75) is 0 Å². The predicted octanol–water partition coefficient (Wildman–Crippen LogP) is 4.59. The van der Waals surface area contributed by atoms with Gasteiger partial charge in [0.1, 0.15) is 5.76 Å². The largest absolute Gasteiger partial charge is 0.450 e. The molecule has 0 radical (unpaired) electrons. The number of halogens is 2. The van der Waals surface area contributed by atoms with Gasteiger partial charge in [0.15, 0.2) is 9.84 Å². The fraction of sp³-hybridized carbons (Fsp3) is 0. The number of carbonyl (C=O) groups is 1. The van der Waals surface area contributed by atoms with Crippen LogP contribution in [0.2, 0.25) is 5.02 Å². The maximum absolute atomic E-state index is 11.9. The van der Waals surface area contributed by atoms with Gasteiger partial charge in [0.25, 0.3) is 5.91 Å². The lowest BCUT2D eigenvalue weighted by molar-refractivity contribution is -0.115. The minimum Gasteiger partial charge on any atom is -0.450 e. The Morgan fingerprint density at radius 2 is 2.00 bits per heavy atom. The van der Waals surface area contributed by atoms with Gasteiger partial charge in [0.2, 0.25) is 0 Å². The zero-order valence-corrected chi connectivity index (χ0v) is 13.6. The first-order valence-corrected chi connectivity index (χ1v) is 7.89. The van der Waals surface area contributed by atoms with E-state index >= 15 is 0 Å². The van der Waals surface area contributed by atoms with Gasteiger partial charge in [-0.1, -0.05) is 11.6 Å². The van der Waals surface area contributed by atoms with Crippen LogP contribution < -0.4 is 5.32 Å². The summed E-state index contributed by atoms with van der Waals surface area (Å²) in [6.07, 6.45) is 1.68. The third kappa shape index (κ3) is 3.58. The van der Waals surface area contributed by atoms with Crippen LogP contribution in [-0.2, 0) is 4.79 Å². The maximum atomic E-state index is 11.9. The van der Waals surface area contributed by atoms with Gasteiger partial charge in [-0.05, 0) is 64.1 Å². The van der Waals surface area contributed by atoms with E-state index in [1.165, 1.54) is 11.8 Å². The van der Waals surface area contributed by atoms with Crippen LogP contribution in [0.25, 0.3) is 6.08 Å². The van der Waals surface area contributed by atoms with E-state index in [-0.39, 0.29) is 5.91 Å². The lowest BCUT2D eigenvalue weighted by Gasteiger charge is -1.96. The zero-order valence-electron chi connectivity index (χ0n) is 10.5. The molecule has 2 aromatic rings. The Kier molecular flexibility index (Phi) is 4.19. The normalized spacial score (nSPS) is 18.5. The van der Waals surface area contributed by atoms with Gasteiger partial charge in [0, 0.05) is 11.1 Å². The van der Waals surface area contributed by atoms with Gasteiger partial charge >= 0.3 is 0 Å². The molecule has 1 N–H and O–H groups in total. The number of furan rings is 1. The average Bonchev–Trinajstić information content (AvgIpc) is 3.00. The number of amidine groups is 1. The van der Waals surface area contributed by atoms with Crippen LogP contribution in [0.5, 0.6) is 0 Å². The summed E-state index contributed by atoms with van der Waals surface area (Å²) in [6, 6.07) is 10.6. The smallest absolute Gasteiger partial charge is 0.264 e. The number of rotatable bonds is 2. The summed E-state index contributed by atoms with van der Waals surface area (Å²) in [5.74, 6) is 0.410. The highest BCUT2D eigenvalue weighted by Gasteiger charge is 2.24. The first-order chi connectivity index (χ1) is 10.1. The maximum Gasteiger partial charge on any atom is 0.264 e. The van der Waals surface area contributed by atoms with Crippen molar-refractivity contribution in [3.63, 3.8) is 0 Å². The Morgan fingerprint density at radius 3 is 2.67 bits per heavy atom. The van der Waals surface area contributed by atoms with Gasteiger partial charge in [-0.25, -0.2) is 4.99 Å². The van der Waals surface area contributed by atoms with Gasteiger partial charge < -0.3 is 9.73 Å². The monoisotopic (exact) mass is 382 g/mol.